The molecule has 0 fully saturated rings. The number of aromatic nitrogens is 1. The average molecular weight is 237 g/mol. The normalized spacial score (nSPS) is 9.89. The number of hydrogen-bond donors (Lipinski definition) is 0. The van der Waals surface area contributed by atoms with E-state index in [1.807, 2.05) is 11.9 Å². The topological polar surface area (TPSA) is 39.9 Å². The van der Waals surface area contributed by atoms with E-state index < -0.39 is 0 Å². The van der Waals surface area contributed by atoms with E-state index in [0.717, 1.165) is 11.5 Å². The van der Waals surface area contributed by atoms with Crippen molar-refractivity contribution in [3.05, 3.63) is 53.2 Å². The molecule has 1 aromatic carbocycles. The monoisotopic (exact) mass is 237 g/mol. The predicted molar refractivity (Wildman–Crippen MR) is 72.9 cm³/mol. The van der Waals surface area contributed by atoms with Crippen LogP contribution in [0.2, 0.25) is 0 Å². The van der Waals surface area contributed by atoms with Crippen LogP contribution in [0.3, 0.4) is 0 Å². The van der Waals surface area contributed by atoms with Crippen molar-refractivity contribution in [2.45, 2.75) is 13.8 Å². The molecule has 0 spiro atoms. The van der Waals surface area contributed by atoms with Crippen molar-refractivity contribution in [3.8, 4) is 6.07 Å². The summed E-state index contributed by atoms with van der Waals surface area (Å²) in [5.74, 6) is 0.779. The van der Waals surface area contributed by atoms with Crippen LogP contribution in [0, 0.1) is 25.2 Å². The molecule has 0 aliphatic carbocycles. The van der Waals surface area contributed by atoms with Crippen molar-refractivity contribution in [2.24, 2.45) is 0 Å². The molecule has 0 atom stereocenters. The van der Waals surface area contributed by atoms with Crippen molar-refractivity contribution in [1.82, 2.24) is 4.98 Å². The van der Waals surface area contributed by atoms with Crippen LogP contribution in [0.25, 0.3) is 0 Å². The number of aryl methyl sites for hydroxylation is 2. The van der Waals surface area contributed by atoms with Gasteiger partial charge in [0.1, 0.15) is 5.82 Å². The number of rotatable bonds is 2. The first-order valence-electron chi connectivity index (χ1n) is 5.79. The fourth-order valence-corrected chi connectivity index (χ4v) is 1.98. The van der Waals surface area contributed by atoms with Gasteiger partial charge in [0.25, 0.3) is 0 Å². The molecule has 0 radical (unpaired) electrons. The van der Waals surface area contributed by atoms with Gasteiger partial charge in [-0.2, -0.15) is 5.26 Å². The van der Waals surface area contributed by atoms with E-state index >= 15 is 0 Å². The third-order valence-electron chi connectivity index (χ3n) is 2.93. The van der Waals surface area contributed by atoms with E-state index in [9.17, 15) is 0 Å². The van der Waals surface area contributed by atoms with Crippen LogP contribution in [0.15, 0.2) is 36.5 Å². The lowest BCUT2D eigenvalue weighted by Crippen LogP contribution is -2.12. The minimum absolute atomic E-state index is 0.622. The van der Waals surface area contributed by atoms with Gasteiger partial charge in [-0.05, 0) is 37.6 Å². The van der Waals surface area contributed by atoms with Crippen molar-refractivity contribution < 1.29 is 0 Å². The fourth-order valence-electron chi connectivity index (χ4n) is 1.98. The van der Waals surface area contributed by atoms with E-state index in [2.05, 4.69) is 43.1 Å². The number of nitriles is 1. The quantitative estimate of drug-likeness (QED) is 0.804. The molecule has 2 rings (SSSR count). The Labute approximate surface area is 107 Å². The van der Waals surface area contributed by atoms with E-state index in [0.29, 0.717) is 5.56 Å². The predicted octanol–water partition coefficient (Wildman–Crippen LogP) is 3.34. The first kappa shape index (κ1) is 12.1. The van der Waals surface area contributed by atoms with Crippen LogP contribution in [-0.2, 0) is 0 Å². The maximum absolute atomic E-state index is 8.91. The SMILES string of the molecule is Cc1ccc(N(C)c2cc(C#N)ccn2)c(C)c1. The summed E-state index contributed by atoms with van der Waals surface area (Å²) in [5.41, 5.74) is 4.16. The number of pyridine rings is 1. The third kappa shape index (κ3) is 2.33. The maximum atomic E-state index is 8.91. The fraction of sp³-hybridized carbons (Fsp3) is 0.200. The summed E-state index contributed by atoms with van der Waals surface area (Å²) in [4.78, 5) is 6.30. The molecule has 90 valence electrons. The van der Waals surface area contributed by atoms with Gasteiger partial charge in [-0.15, -0.1) is 0 Å². The third-order valence-corrected chi connectivity index (χ3v) is 2.93. The molecule has 0 aliphatic heterocycles. The number of hydrogen-bond acceptors (Lipinski definition) is 3. The maximum Gasteiger partial charge on any atom is 0.133 e. The standard InChI is InChI=1S/C15H15N3/c1-11-4-5-14(12(2)8-11)18(3)15-9-13(10-16)6-7-17-15/h4-9H,1-3H3. The molecule has 1 heterocycles. The Kier molecular flexibility index (Phi) is 3.29. The molecule has 0 saturated heterocycles. The molecular formula is C15H15N3. The zero-order valence-electron chi connectivity index (χ0n) is 10.8. The zero-order valence-corrected chi connectivity index (χ0v) is 10.8. The molecule has 0 amide bonds. The molecule has 0 bridgehead atoms. The van der Waals surface area contributed by atoms with Gasteiger partial charge in [-0.1, -0.05) is 17.7 Å². The second-order valence-corrected chi connectivity index (χ2v) is 4.36. The summed E-state index contributed by atoms with van der Waals surface area (Å²) in [6, 6.07) is 11.9. The summed E-state index contributed by atoms with van der Waals surface area (Å²) in [6.07, 6.45) is 1.66. The second-order valence-electron chi connectivity index (χ2n) is 4.36. The molecule has 18 heavy (non-hydrogen) atoms. The van der Waals surface area contributed by atoms with Crippen LogP contribution in [0.5, 0.6) is 0 Å². The van der Waals surface area contributed by atoms with E-state index in [4.69, 9.17) is 5.26 Å². The van der Waals surface area contributed by atoms with Crippen LogP contribution in [0.4, 0.5) is 11.5 Å². The lowest BCUT2D eigenvalue weighted by molar-refractivity contribution is 1.11. The average Bonchev–Trinajstić information content (AvgIpc) is 2.38. The number of anilines is 2. The summed E-state index contributed by atoms with van der Waals surface area (Å²) in [7, 11) is 1.96. The van der Waals surface area contributed by atoms with Crippen molar-refractivity contribution in [3.63, 3.8) is 0 Å². The Morgan fingerprint density at radius 3 is 2.61 bits per heavy atom. The van der Waals surface area contributed by atoms with Gasteiger partial charge in [0, 0.05) is 18.9 Å². The van der Waals surface area contributed by atoms with E-state index in [-0.39, 0.29) is 0 Å². The van der Waals surface area contributed by atoms with Crippen LogP contribution >= 0.6 is 0 Å². The Balaban J connectivity index is 2.41. The highest BCUT2D eigenvalue weighted by atomic mass is 15.2. The molecule has 0 N–H and O–H groups in total. The van der Waals surface area contributed by atoms with Gasteiger partial charge >= 0.3 is 0 Å². The van der Waals surface area contributed by atoms with Crippen LogP contribution in [-0.4, -0.2) is 12.0 Å². The molecular weight excluding hydrogens is 222 g/mol. The van der Waals surface area contributed by atoms with E-state index in [1.165, 1.54) is 11.1 Å². The smallest absolute Gasteiger partial charge is 0.133 e. The molecule has 0 aliphatic rings. The van der Waals surface area contributed by atoms with Crippen molar-refractivity contribution in [1.29, 1.82) is 5.26 Å². The molecule has 0 unspecified atom stereocenters. The lowest BCUT2D eigenvalue weighted by Gasteiger charge is -2.20. The first-order valence-corrected chi connectivity index (χ1v) is 5.79. The minimum Gasteiger partial charge on any atom is -0.329 e. The molecule has 1 aromatic heterocycles. The summed E-state index contributed by atoms with van der Waals surface area (Å²) < 4.78 is 0. The van der Waals surface area contributed by atoms with Gasteiger partial charge in [0.2, 0.25) is 0 Å². The number of nitrogens with zero attached hydrogens (tertiary/aromatic N) is 3. The minimum atomic E-state index is 0.622. The second kappa shape index (κ2) is 4.89. The zero-order chi connectivity index (χ0) is 13.1. The van der Waals surface area contributed by atoms with Gasteiger partial charge in [-0.25, -0.2) is 4.98 Å². The number of benzene rings is 1. The van der Waals surface area contributed by atoms with Crippen LogP contribution in [0.1, 0.15) is 16.7 Å². The summed E-state index contributed by atoms with van der Waals surface area (Å²) >= 11 is 0. The lowest BCUT2D eigenvalue weighted by atomic mass is 10.1. The highest BCUT2D eigenvalue weighted by Gasteiger charge is 2.08. The molecule has 2 aromatic rings. The van der Waals surface area contributed by atoms with E-state index in [1.54, 1.807) is 18.3 Å². The van der Waals surface area contributed by atoms with Crippen LogP contribution < -0.4 is 4.90 Å². The molecule has 3 heteroatoms. The van der Waals surface area contributed by atoms with Crippen molar-refractivity contribution in [2.75, 3.05) is 11.9 Å². The largest absolute Gasteiger partial charge is 0.329 e. The summed E-state index contributed by atoms with van der Waals surface area (Å²) in [5, 5.41) is 8.91. The van der Waals surface area contributed by atoms with Crippen molar-refractivity contribution >= 4 is 11.5 Å². The van der Waals surface area contributed by atoms with Gasteiger partial charge < -0.3 is 4.90 Å². The summed E-state index contributed by atoms with van der Waals surface area (Å²) in [6.45, 7) is 4.15. The molecule has 3 nitrogen and oxygen atoms in total. The van der Waals surface area contributed by atoms with Gasteiger partial charge in [-0.3, -0.25) is 0 Å². The highest BCUT2D eigenvalue weighted by Crippen LogP contribution is 2.26. The Morgan fingerprint density at radius 1 is 1.17 bits per heavy atom. The Hall–Kier alpha value is -2.34. The first-order chi connectivity index (χ1) is 8.61. The Morgan fingerprint density at radius 2 is 1.94 bits per heavy atom. The highest BCUT2D eigenvalue weighted by molar-refractivity contribution is 5.64. The van der Waals surface area contributed by atoms with Gasteiger partial charge in [0.05, 0.1) is 11.6 Å². The molecule has 0 saturated carbocycles. The van der Waals surface area contributed by atoms with Gasteiger partial charge in [0.15, 0.2) is 0 Å². The Bertz CT molecular complexity index is 611.